The molecule has 1 rings (SSSR count). The summed E-state index contributed by atoms with van der Waals surface area (Å²) in [4.78, 5) is 1.81. The van der Waals surface area contributed by atoms with Gasteiger partial charge in [-0.15, -0.1) is 0 Å². The fraction of sp³-hybridized carbons (Fsp3) is 0. The summed E-state index contributed by atoms with van der Waals surface area (Å²) in [5, 5.41) is -1.07. The first-order valence-electron chi connectivity index (χ1n) is 3.24. The Bertz CT molecular complexity index is 346. The quantitative estimate of drug-likeness (QED) is 0.613. The van der Waals surface area contributed by atoms with E-state index in [9.17, 15) is 19.4 Å². The van der Waals surface area contributed by atoms with Crippen molar-refractivity contribution in [3.8, 4) is 0 Å². The number of hydrogen-bond donors (Lipinski definition) is 0. The highest BCUT2D eigenvalue weighted by atomic mass is 32.2. The topological polar surface area (TPSA) is 12.9 Å². The third-order valence-corrected chi connectivity index (χ3v) is 4.45. The number of aromatic nitrogens is 1. The standard InChI is InChI=1S/C5F5NS5/c6-12-1-2(13-7)4(15-9)11-5(16-10)3(1)14-8. The second-order valence-corrected chi connectivity index (χ2v) is 4.86. The number of hydrogen-bond acceptors (Lipinski definition) is 6. The van der Waals surface area contributed by atoms with Gasteiger partial charge in [0, 0.05) is 0 Å². The zero-order valence-electron chi connectivity index (χ0n) is 6.88. The molecule has 0 atom stereocenters. The molecular formula is C5F5NS5. The van der Waals surface area contributed by atoms with Gasteiger partial charge >= 0.3 is 0 Å². The van der Waals surface area contributed by atoms with E-state index in [0.717, 1.165) is 0 Å². The van der Waals surface area contributed by atoms with Crippen LogP contribution in [-0.2, 0) is 0 Å². The molecule has 0 amide bonds. The van der Waals surface area contributed by atoms with Crippen molar-refractivity contribution < 1.29 is 19.4 Å². The first-order chi connectivity index (χ1) is 7.73. The van der Waals surface area contributed by atoms with Gasteiger partial charge in [0.15, 0.2) is 0 Å². The van der Waals surface area contributed by atoms with Crippen molar-refractivity contribution in [3.05, 3.63) is 0 Å². The Morgan fingerprint density at radius 1 is 0.562 bits per heavy atom. The van der Waals surface area contributed by atoms with Crippen molar-refractivity contribution in [2.75, 3.05) is 0 Å². The summed E-state index contributed by atoms with van der Waals surface area (Å²) in [6, 6.07) is 0. The molecule has 0 saturated carbocycles. The molecule has 1 nitrogen and oxygen atoms in total. The van der Waals surface area contributed by atoms with Gasteiger partial charge in [0.25, 0.3) is 0 Å². The van der Waals surface area contributed by atoms with Crippen LogP contribution in [-0.4, -0.2) is 4.98 Å². The van der Waals surface area contributed by atoms with Crippen LogP contribution in [0, 0.1) is 0 Å². The lowest BCUT2D eigenvalue weighted by Crippen LogP contribution is -1.92. The first-order valence-corrected chi connectivity index (χ1v) is 6.82. The van der Waals surface area contributed by atoms with Crippen LogP contribution in [0.5, 0.6) is 0 Å². The maximum Gasteiger partial charge on any atom is 0.148 e. The Balaban J connectivity index is 3.47. The minimum Gasteiger partial charge on any atom is -0.227 e. The highest BCUT2D eigenvalue weighted by Gasteiger charge is 2.24. The van der Waals surface area contributed by atoms with Crippen LogP contribution in [0.2, 0.25) is 0 Å². The van der Waals surface area contributed by atoms with Gasteiger partial charge < -0.3 is 0 Å². The van der Waals surface area contributed by atoms with E-state index in [-0.39, 0.29) is 0 Å². The van der Waals surface area contributed by atoms with E-state index in [0.29, 0.717) is 0 Å². The summed E-state index contributed by atoms with van der Waals surface area (Å²) in [5.74, 6) is 0. The van der Waals surface area contributed by atoms with E-state index < -0.39 is 85.5 Å². The van der Waals surface area contributed by atoms with Crippen molar-refractivity contribution in [1.29, 1.82) is 0 Å². The first kappa shape index (κ1) is 14.6. The van der Waals surface area contributed by atoms with E-state index >= 15 is 0 Å². The molecule has 1 heterocycles. The van der Waals surface area contributed by atoms with E-state index in [2.05, 4.69) is 4.98 Å². The van der Waals surface area contributed by atoms with Gasteiger partial charge in [-0.3, -0.25) is 0 Å². The van der Waals surface area contributed by atoms with Gasteiger partial charge in [-0.2, -0.15) is 19.4 Å². The fourth-order valence-corrected chi connectivity index (χ4v) is 3.31. The average Bonchev–Trinajstić information content (AvgIpc) is 2.35. The molecule has 0 aliphatic heterocycles. The predicted octanol–water partition coefficient (Wildman–Crippen LogP) is 5.96. The third kappa shape index (κ3) is 2.86. The predicted molar refractivity (Wildman–Crippen MR) is 59.1 cm³/mol. The van der Waals surface area contributed by atoms with E-state index in [1.807, 2.05) is 0 Å². The lowest BCUT2D eigenvalue weighted by Gasteiger charge is -2.09. The molecule has 0 aromatic carbocycles. The molecule has 11 heteroatoms. The molecule has 0 fully saturated rings. The molecular weight excluding hydrogens is 329 g/mol. The third-order valence-electron chi connectivity index (χ3n) is 1.38. The normalized spacial score (nSPS) is 10.8. The zero-order chi connectivity index (χ0) is 12.1. The van der Waals surface area contributed by atoms with E-state index in [1.165, 1.54) is 0 Å². The Morgan fingerprint density at radius 3 is 1.19 bits per heavy atom. The fourth-order valence-electron chi connectivity index (χ4n) is 0.802. The van der Waals surface area contributed by atoms with Crippen LogP contribution in [0.15, 0.2) is 24.7 Å². The van der Waals surface area contributed by atoms with Crippen molar-refractivity contribution in [2.45, 2.75) is 24.7 Å². The lowest BCUT2D eigenvalue weighted by atomic mass is 10.5. The summed E-state index contributed by atoms with van der Waals surface area (Å²) < 4.78 is 62.1. The molecule has 0 N–H and O–H groups in total. The molecule has 0 aliphatic rings. The molecule has 0 saturated heterocycles. The van der Waals surface area contributed by atoms with Gasteiger partial charge in [0.05, 0.1) is 51.1 Å². The summed E-state index contributed by atoms with van der Waals surface area (Å²) in [5.41, 5.74) is 0. The number of rotatable bonds is 5. The second kappa shape index (κ2) is 7.09. The van der Waals surface area contributed by atoms with Crippen LogP contribution in [0.3, 0.4) is 0 Å². The van der Waals surface area contributed by atoms with Gasteiger partial charge in [-0.1, -0.05) is 0 Å². The molecule has 90 valence electrons. The van der Waals surface area contributed by atoms with Gasteiger partial charge in [0.2, 0.25) is 0 Å². The minimum absolute atomic E-state index is 0.465. The Kier molecular flexibility index (Phi) is 6.47. The van der Waals surface area contributed by atoms with Crippen LogP contribution >= 0.6 is 60.7 Å². The van der Waals surface area contributed by atoms with Crippen molar-refractivity contribution in [1.82, 2.24) is 4.98 Å². The highest BCUT2D eigenvalue weighted by Crippen LogP contribution is 2.47. The largest absolute Gasteiger partial charge is 0.227 e. The van der Waals surface area contributed by atoms with Gasteiger partial charge in [0.1, 0.15) is 34.3 Å². The Morgan fingerprint density at radius 2 is 0.938 bits per heavy atom. The number of pyridine rings is 1. The molecule has 1 aromatic heterocycles. The van der Waals surface area contributed by atoms with Crippen LogP contribution < -0.4 is 0 Å². The Labute approximate surface area is 110 Å². The smallest absolute Gasteiger partial charge is 0.148 e. The monoisotopic (exact) mass is 329 g/mol. The van der Waals surface area contributed by atoms with Crippen LogP contribution in [0.1, 0.15) is 0 Å². The summed E-state index contributed by atoms with van der Waals surface area (Å²) in [7, 11) is 0. The maximum absolute atomic E-state index is 12.5. The molecule has 0 bridgehead atoms. The Hall–Kier alpha value is 0.550. The van der Waals surface area contributed by atoms with Crippen LogP contribution in [0.4, 0.5) is 19.4 Å². The zero-order valence-corrected chi connectivity index (χ0v) is 11.0. The van der Waals surface area contributed by atoms with Crippen molar-refractivity contribution >= 4 is 60.7 Å². The summed E-state index contributed by atoms with van der Waals surface area (Å²) in [6.07, 6.45) is 0. The molecule has 0 unspecified atom stereocenters. The van der Waals surface area contributed by atoms with Crippen molar-refractivity contribution in [3.63, 3.8) is 0 Å². The van der Waals surface area contributed by atoms with Crippen molar-refractivity contribution in [2.24, 2.45) is 0 Å². The number of halogens is 5. The SMILES string of the molecule is FSc1nc(SF)c(SF)c(SF)c1SF. The number of nitrogens with zero attached hydrogens (tertiary/aromatic N) is 1. The molecule has 0 radical (unpaired) electrons. The molecule has 0 spiro atoms. The maximum atomic E-state index is 12.5. The van der Waals surface area contributed by atoms with E-state index in [4.69, 9.17) is 0 Å². The second-order valence-electron chi connectivity index (χ2n) is 2.10. The molecule has 0 aliphatic carbocycles. The lowest BCUT2D eigenvalue weighted by molar-refractivity contribution is 0.751. The summed E-state index contributed by atoms with van der Waals surface area (Å²) in [6.45, 7) is 0. The minimum atomic E-state index is -0.536. The van der Waals surface area contributed by atoms with Gasteiger partial charge in [-0.05, 0) is 0 Å². The average molecular weight is 329 g/mol. The summed E-state index contributed by atoms with van der Waals surface area (Å²) >= 11 is -2.37. The molecule has 1 aromatic rings. The molecule has 16 heavy (non-hydrogen) atoms. The van der Waals surface area contributed by atoms with E-state index in [1.54, 1.807) is 0 Å². The van der Waals surface area contributed by atoms with Gasteiger partial charge in [-0.25, -0.2) is 4.98 Å². The highest BCUT2D eigenvalue weighted by molar-refractivity contribution is 8.00. The van der Waals surface area contributed by atoms with Crippen LogP contribution in [0.25, 0.3) is 0 Å².